The number of esters is 1. The molecule has 0 aliphatic rings. The molecule has 0 bridgehead atoms. The summed E-state index contributed by atoms with van der Waals surface area (Å²) in [6, 6.07) is 1.99. The molecule has 1 aromatic rings. The topological polar surface area (TPSA) is 61.2 Å². The minimum absolute atomic E-state index is 0.0659. The summed E-state index contributed by atoms with van der Waals surface area (Å²) >= 11 is 0. The van der Waals surface area contributed by atoms with Crippen LogP contribution >= 0.6 is 0 Å². The Bertz CT molecular complexity index is 394. The SMILES string of the molecule is C=CC(=O)OC.CC(=O)c1ccnn1C(C)C. The number of hydrogen-bond acceptors (Lipinski definition) is 4. The zero-order valence-corrected chi connectivity index (χ0v) is 10.6. The van der Waals surface area contributed by atoms with Gasteiger partial charge in [-0.2, -0.15) is 5.10 Å². The van der Waals surface area contributed by atoms with Crippen molar-refractivity contribution in [2.45, 2.75) is 26.8 Å². The molecule has 94 valence electrons. The molecule has 0 amide bonds. The molecule has 0 spiro atoms. The lowest BCUT2D eigenvalue weighted by molar-refractivity contribution is -0.134. The molecule has 0 saturated carbocycles. The highest BCUT2D eigenvalue weighted by atomic mass is 16.5. The summed E-state index contributed by atoms with van der Waals surface area (Å²) < 4.78 is 5.87. The van der Waals surface area contributed by atoms with Gasteiger partial charge in [0, 0.05) is 25.2 Å². The second kappa shape index (κ2) is 7.38. The second-order valence-electron chi connectivity index (χ2n) is 3.54. The van der Waals surface area contributed by atoms with E-state index in [1.54, 1.807) is 23.9 Å². The Kier molecular flexibility index (Phi) is 6.55. The molecule has 0 N–H and O–H groups in total. The smallest absolute Gasteiger partial charge is 0.329 e. The Morgan fingerprint density at radius 3 is 2.35 bits per heavy atom. The number of methoxy groups -OCH3 is 1. The fraction of sp³-hybridized carbons (Fsp3) is 0.417. The summed E-state index contributed by atoms with van der Waals surface area (Å²) in [5.74, 6) is -0.328. The van der Waals surface area contributed by atoms with Crippen LogP contribution in [0.25, 0.3) is 0 Å². The predicted octanol–water partition coefficient (Wildman–Crippen LogP) is 2.01. The van der Waals surface area contributed by atoms with Crippen LogP contribution in [0.5, 0.6) is 0 Å². The van der Waals surface area contributed by atoms with Crippen molar-refractivity contribution in [3.63, 3.8) is 0 Å². The van der Waals surface area contributed by atoms with E-state index in [0.29, 0.717) is 5.69 Å². The highest BCUT2D eigenvalue weighted by Gasteiger charge is 2.08. The molecule has 0 unspecified atom stereocenters. The van der Waals surface area contributed by atoms with Gasteiger partial charge in [0.25, 0.3) is 0 Å². The maximum Gasteiger partial charge on any atom is 0.329 e. The second-order valence-corrected chi connectivity index (χ2v) is 3.54. The summed E-state index contributed by atoms with van der Waals surface area (Å²) in [6.45, 7) is 8.71. The number of Topliss-reactive ketones (excluding diaryl/α,β-unsaturated/α-hetero) is 1. The van der Waals surface area contributed by atoms with Gasteiger partial charge in [-0.15, -0.1) is 0 Å². The Morgan fingerprint density at radius 1 is 1.53 bits per heavy atom. The van der Waals surface area contributed by atoms with E-state index in [-0.39, 0.29) is 11.8 Å². The van der Waals surface area contributed by atoms with Crippen LogP contribution < -0.4 is 0 Å². The van der Waals surface area contributed by atoms with Gasteiger partial charge in [-0.3, -0.25) is 9.48 Å². The first-order valence-corrected chi connectivity index (χ1v) is 5.18. The number of rotatable bonds is 3. The fourth-order valence-electron chi connectivity index (χ4n) is 1.09. The molecule has 5 nitrogen and oxygen atoms in total. The zero-order valence-electron chi connectivity index (χ0n) is 10.6. The number of carbonyl (C=O) groups is 2. The maximum atomic E-state index is 11.0. The van der Waals surface area contributed by atoms with Gasteiger partial charge in [0.15, 0.2) is 5.78 Å². The van der Waals surface area contributed by atoms with Gasteiger partial charge < -0.3 is 4.74 Å². The molecule has 0 atom stereocenters. The molecule has 0 fully saturated rings. The molecule has 0 radical (unpaired) electrons. The Balaban J connectivity index is 0.000000366. The van der Waals surface area contributed by atoms with Gasteiger partial charge in [0.2, 0.25) is 0 Å². The maximum absolute atomic E-state index is 11.0. The summed E-state index contributed by atoms with van der Waals surface area (Å²) in [7, 11) is 1.31. The van der Waals surface area contributed by atoms with E-state index in [2.05, 4.69) is 16.4 Å². The number of nitrogens with zero attached hydrogens (tertiary/aromatic N) is 2. The lowest BCUT2D eigenvalue weighted by atomic mass is 10.3. The standard InChI is InChI=1S/C8H12N2O.C4H6O2/c1-6(2)10-8(7(3)11)4-5-9-10;1-3-4(5)6-2/h4-6H,1-3H3;3H,1H2,2H3. The number of ether oxygens (including phenoxy) is 1. The van der Waals surface area contributed by atoms with Crippen LogP contribution in [0.4, 0.5) is 0 Å². The minimum Gasteiger partial charge on any atom is -0.466 e. The van der Waals surface area contributed by atoms with Crippen LogP contribution in [-0.4, -0.2) is 28.6 Å². The first-order valence-electron chi connectivity index (χ1n) is 5.18. The van der Waals surface area contributed by atoms with Gasteiger partial charge in [-0.05, 0) is 19.9 Å². The van der Waals surface area contributed by atoms with Gasteiger partial charge in [-0.1, -0.05) is 6.58 Å². The molecule has 17 heavy (non-hydrogen) atoms. The highest BCUT2D eigenvalue weighted by Crippen LogP contribution is 2.07. The number of ketones is 1. The van der Waals surface area contributed by atoms with Crippen LogP contribution in [0, 0.1) is 0 Å². The first kappa shape index (κ1) is 15.1. The van der Waals surface area contributed by atoms with E-state index in [1.165, 1.54) is 7.11 Å². The molecule has 1 rings (SSSR count). The molecule has 0 aliphatic carbocycles. The van der Waals surface area contributed by atoms with Crippen molar-refractivity contribution >= 4 is 11.8 Å². The van der Waals surface area contributed by atoms with Crippen molar-refractivity contribution in [1.82, 2.24) is 9.78 Å². The van der Waals surface area contributed by atoms with Crippen LogP contribution in [0.1, 0.15) is 37.3 Å². The lowest BCUT2D eigenvalue weighted by Gasteiger charge is -2.07. The minimum atomic E-state index is -0.394. The monoisotopic (exact) mass is 238 g/mol. The number of hydrogen-bond donors (Lipinski definition) is 0. The number of carbonyl (C=O) groups excluding carboxylic acids is 2. The largest absolute Gasteiger partial charge is 0.466 e. The first-order chi connectivity index (χ1) is 7.93. The van der Waals surface area contributed by atoms with Crippen LogP contribution in [0.15, 0.2) is 24.9 Å². The van der Waals surface area contributed by atoms with E-state index in [4.69, 9.17) is 0 Å². The fourth-order valence-corrected chi connectivity index (χ4v) is 1.09. The molecule has 0 aliphatic heterocycles. The Hall–Kier alpha value is -1.91. The third-order valence-corrected chi connectivity index (χ3v) is 1.89. The van der Waals surface area contributed by atoms with Crippen LogP contribution in [0.3, 0.4) is 0 Å². The van der Waals surface area contributed by atoms with Crippen molar-refractivity contribution in [2.24, 2.45) is 0 Å². The summed E-state index contributed by atoms with van der Waals surface area (Å²) in [5.41, 5.74) is 0.681. The average molecular weight is 238 g/mol. The molecule has 0 saturated heterocycles. The van der Waals surface area contributed by atoms with Crippen molar-refractivity contribution in [3.8, 4) is 0 Å². The zero-order chi connectivity index (χ0) is 13.4. The Labute approximate surface area is 101 Å². The molecule has 1 aromatic heterocycles. The van der Waals surface area contributed by atoms with Gasteiger partial charge in [0.05, 0.1) is 7.11 Å². The van der Waals surface area contributed by atoms with Gasteiger partial charge >= 0.3 is 5.97 Å². The number of aromatic nitrogens is 2. The molecule has 1 heterocycles. The third kappa shape index (κ3) is 5.10. The van der Waals surface area contributed by atoms with Crippen molar-refractivity contribution in [3.05, 3.63) is 30.6 Å². The van der Waals surface area contributed by atoms with Gasteiger partial charge in [0.1, 0.15) is 5.69 Å². The third-order valence-electron chi connectivity index (χ3n) is 1.89. The molecule has 5 heteroatoms. The molecule has 0 aromatic carbocycles. The Morgan fingerprint density at radius 2 is 2.12 bits per heavy atom. The van der Waals surface area contributed by atoms with E-state index in [1.807, 2.05) is 13.8 Å². The van der Waals surface area contributed by atoms with Crippen LogP contribution in [-0.2, 0) is 9.53 Å². The molecular formula is C12H18N2O3. The average Bonchev–Trinajstić information content (AvgIpc) is 2.78. The van der Waals surface area contributed by atoms with Crippen molar-refractivity contribution in [1.29, 1.82) is 0 Å². The quantitative estimate of drug-likeness (QED) is 0.459. The summed E-state index contributed by atoms with van der Waals surface area (Å²) in [6.07, 6.45) is 2.76. The normalized spacial score (nSPS) is 9.24. The van der Waals surface area contributed by atoms with E-state index in [9.17, 15) is 9.59 Å². The lowest BCUT2D eigenvalue weighted by Crippen LogP contribution is -2.10. The van der Waals surface area contributed by atoms with Crippen molar-refractivity contribution < 1.29 is 14.3 Å². The van der Waals surface area contributed by atoms with Crippen LogP contribution in [0.2, 0.25) is 0 Å². The van der Waals surface area contributed by atoms with E-state index in [0.717, 1.165) is 6.08 Å². The van der Waals surface area contributed by atoms with Crippen molar-refractivity contribution in [2.75, 3.05) is 7.11 Å². The predicted molar refractivity (Wildman–Crippen MR) is 64.8 cm³/mol. The summed E-state index contributed by atoms with van der Waals surface area (Å²) in [4.78, 5) is 20.8. The summed E-state index contributed by atoms with van der Waals surface area (Å²) in [5, 5.41) is 4.03. The van der Waals surface area contributed by atoms with Gasteiger partial charge in [-0.25, -0.2) is 4.79 Å². The molecular weight excluding hydrogens is 220 g/mol. The highest BCUT2D eigenvalue weighted by molar-refractivity contribution is 5.92. The van der Waals surface area contributed by atoms with E-state index >= 15 is 0 Å². The van der Waals surface area contributed by atoms with E-state index < -0.39 is 5.97 Å².